The molecule has 1 aliphatic heterocycles. The second kappa shape index (κ2) is 7.45. The molecule has 0 spiro atoms. The second-order valence-corrected chi connectivity index (χ2v) is 7.82. The van der Waals surface area contributed by atoms with Gasteiger partial charge in [0.1, 0.15) is 6.54 Å². The van der Waals surface area contributed by atoms with Gasteiger partial charge in [-0.1, -0.05) is 24.2 Å². The van der Waals surface area contributed by atoms with Gasteiger partial charge in [0.2, 0.25) is 5.91 Å². The zero-order valence-electron chi connectivity index (χ0n) is 14.5. The summed E-state index contributed by atoms with van der Waals surface area (Å²) in [5, 5.41) is 10.5. The van der Waals surface area contributed by atoms with Gasteiger partial charge in [-0.05, 0) is 18.9 Å². The summed E-state index contributed by atoms with van der Waals surface area (Å²) in [6.07, 6.45) is 8.62. The van der Waals surface area contributed by atoms with E-state index >= 15 is 0 Å². The van der Waals surface area contributed by atoms with Gasteiger partial charge in [0.15, 0.2) is 5.13 Å². The number of fused-ring (bicyclic) bond motifs is 1. The van der Waals surface area contributed by atoms with E-state index in [-0.39, 0.29) is 24.5 Å². The average Bonchev–Trinajstić information content (AvgIpc) is 3.35. The van der Waals surface area contributed by atoms with Gasteiger partial charge in [-0.2, -0.15) is 5.10 Å². The highest BCUT2D eigenvalue weighted by Gasteiger charge is 2.25. The van der Waals surface area contributed by atoms with Gasteiger partial charge in [-0.3, -0.25) is 14.8 Å². The molecule has 0 atom stereocenters. The summed E-state index contributed by atoms with van der Waals surface area (Å²) in [6.45, 7) is 1.43. The Kier molecular flexibility index (Phi) is 4.87. The molecule has 1 fully saturated rings. The lowest BCUT2D eigenvalue weighted by Gasteiger charge is -2.26. The molecule has 0 radical (unpaired) electrons. The number of anilines is 1. The SMILES string of the molecule is O=C(Nc1nc2c(s1)CN(C(=O)Cn1cccn1)CC2)NC1CCCC1. The molecule has 2 N–H and O–H groups in total. The van der Waals surface area contributed by atoms with Crippen molar-refractivity contribution in [3.63, 3.8) is 0 Å². The summed E-state index contributed by atoms with van der Waals surface area (Å²) in [5.41, 5.74) is 0.981. The van der Waals surface area contributed by atoms with Crippen LogP contribution in [0.5, 0.6) is 0 Å². The maximum Gasteiger partial charge on any atom is 0.321 e. The molecule has 1 aliphatic carbocycles. The van der Waals surface area contributed by atoms with Crippen LogP contribution in [-0.2, 0) is 24.3 Å². The first-order valence-corrected chi connectivity index (χ1v) is 9.80. The lowest BCUT2D eigenvalue weighted by Crippen LogP contribution is -2.37. The number of thiazole rings is 1. The molecule has 8 nitrogen and oxygen atoms in total. The van der Waals surface area contributed by atoms with Gasteiger partial charge in [-0.15, -0.1) is 0 Å². The minimum atomic E-state index is -0.186. The molecule has 2 aromatic rings. The van der Waals surface area contributed by atoms with Crippen LogP contribution < -0.4 is 10.6 Å². The van der Waals surface area contributed by atoms with Crippen LogP contribution in [-0.4, -0.2) is 44.2 Å². The first kappa shape index (κ1) is 17.0. The minimum absolute atomic E-state index is 0.0428. The number of urea groups is 1. The van der Waals surface area contributed by atoms with Gasteiger partial charge in [0, 0.05) is 36.3 Å². The molecule has 3 heterocycles. The summed E-state index contributed by atoms with van der Waals surface area (Å²) in [4.78, 5) is 31.9. The standard InChI is InChI=1S/C17H22N6O2S/c24-15(11-23-8-3-7-18-23)22-9-6-13-14(10-22)26-17(20-13)21-16(25)19-12-4-1-2-5-12/h3,7-8,12H,1-2,4-6,9-11H2,(H2,19,20,21,25). The molecule has 0 bridgehead atoms. The van der Waals surface area contributed by atoms with Crippen molar-refractivity contribution in [2.45, 2.75) is 51.2 Å². The fraction of sp³-hybridized carbons (Fsp3) is 0.529. The van der Waals surface area contributed by atoms with Crippen molar-refractivity contribution in [2.24, 2.45) is 0 Å². The Labute approximate surface area is 155 Å². The normalized spacial score (nSPS) is 17.2. The summed E-state index contributed by atoms with van der Waals surface area (Å²) in [5.74, 6) is 0.0428. The first-order valence-electron chi connectivity index (χ1n) is 8.98. The van der Waals surface area contributed by atoms with Gasteiger partial charge in [0.05, 0.1) is 12.2 Å². The molecule has 0 unspecified atom stereocenters. The van der Waals surface area contributed by atoms with E-state index in [9.17, 15) is 9.59 Å². The quantitative estimate of drug-likeness (QED) is 0.856. The van der Waals surface area contributed by atoms with E-state index in [1.807, 2.05) is 4.90 Å². The Bertz CT molecular complexity index is 781. The number of hydrogen-bond acceptors (Lipinski definition) is 5. The highest BCUT2D eigenvalue weighted by molar-refractivity contribution is 7.15. The lowest BCUT2D eigenvalue weighted by molar-refractivity contribution is -0.132. The van der Waals surface area contributed by atoms with Gasteiger partial charge < -0.3 is 10.2 Å². The zero-order chi connectivity index (χ0) is 17.9. The van der Waals surface area contributed by atoms with Crippen LogP contribution in [0.4, 0.5) is 9.93 Å². The van der Waals surface area contributed by atoms with Crippen molar-refractivity contribution in [2.75, 3.05) is 11.9 Å². The van der Waals surface area contributed by atoms with Crippen molar-refractivity contribution < 1.29 is 9.59 Å². The number of nitrogens with zero attached hydrogens (tertiary/aromatic N) is 4. The summed E-state index contributed by atoms with van der Waals surface area (Å²) in [7, 11) is 0. The highest BCUT2D eigenvalue weighted by Crippen LogP contribution is 2.28. The molecule has 0 saturated heterocycles. The van der Waals surface area contributed by atoms with E-state index in [2.05, 4.69) is 20.7 Å². The van der Waals surface area contributed by atoms with E-state index in [0.29, 0.717) is 24.6 Å². The zero-order valence-corrected chi connectivity index (χ0v) is 15.3. The van der Waals surface area contributed by atoms with Crippen molar-refractivity contribution in [1.82, 2.24) is 25.0 Å². The highest BCUT2D eigenvalue weighted by atomic mass is 32.1. The number of rotatable bonds is 4. The summed E-state index contributed by atoms with van der Waals surface area (Å²) >= 11 is 1.45. The smallest absolute Gasteiger partial charge is 0.321 e. The van der Waals surface area contributed by atoms with E-state index in [0.717, 1.165) is 23.4 Å². The first-order chi connectivity index (χ1) is 12.7. The van der Waals surface area contributed by atoms with E-state index in [4.69, 9.17) is 0 Å². The summed E-state index contributed by atoms with van der Waals surface area (Å²) in [6, 6.07) is 1.90. The third kappa shape index (κ3) is 3.87. The third-order valence-electron chi connectivity index (χ3n) is 4.85. The van der Waals surface area contributed by atoms with Crippen LogP contribution in [0.25, 0.3) is 0 Å². The van der Waals surface area contributed by atoms with Gasteiger partial charge in [0.25, 0.3) is 0 Å². The van der Waals surface area contributed by atoms with Crippen molar-refractivity contribution >= 4 is 28.4 Å². The Morgan fingerprint density at radius 2 is 2.15 bits per heavy atom. The van der Waals surface area contributed by atoms with Gasteiger partial charge >= 0.3 is 6.03 Å². The van der Waals surface area contributed by atoms with E-state index < -0.39 is 0 Å². The molecule has 26 heavy (non-hydrogen) atoms. The van der Waals surface area contributed by atoms with Crippen LogP contribution in [0.1, 0.15) is 36.3 Å². The number of hydrogen-bond donors (Lipinski definition) is 2. The topological polar surface area (TPSA) is 92.2 Å². The molecule has 3 amide bonds. The van der Waals surface area contributed by atoms with Crippen LogP contribution in [0, 0.1) is 0 Å². The number of carbonyl (C=O) groups is 2. The summed E-state index contributed by atoms with van der Waals surface area (Å²) < 4.78 is 1.63. The molecule has 1 saturated carbocycles. The average molecular weight is 374 g/mol. The maximum absolute atomic E-state index is 12.4. The monoisotopic (exact) mass is 374 g/mol. The van der Waals surface area contributed by atoms with Crippen molar-refractivity contribution in [3.05, 3.63) is 29.0 Å². The molecule has 138 valence electrons. The third-order valence-corrected chi connectivity index (χ3v) is 5.85. The Hall–Kier alpha value is -2.42. The molecule has 2 aliphatic rings. The van der Waals surface area contributed by atoms with Crippen LogP contribution in [0.2, 0.25) is 0 Å². The predicted molar refractivity (Wildman–Crippen MR) is 97.9 cm³/mol. The van der Waals surface area contributed by atoms with Gasteiger partial charge in [-0.25, -0.2) is 9.78 Å². The van der Waals surface area contributed by atoms with Crippen LogP contribution in [0.3, 0.4) is 0 Å². The molecular weight excluding hydrogens is 352 g/mol. The second-order valence-electron chi connectivity index (χ2n) is 6.74. The van der Waals surface area contributed by atoms with Crippen LogP contribution >= 0.6 is 11.3 Å². The van der Waals surface area contributed by atoms with Crippen molar-refractivity contribution in [1.29, 1.82) is 0 Å². The van der Waals surface area contributed by atoms with E-state index in [1.54, 1.807) is 23.1 Å². The van der Waals surface area contributed by atoms with Crippen molar-refractivity contribution in [3.8, 4) is 0 Å². The fourth-order valence-electron chi connectivity index (χ4n) is 3.48. The Morgan fingerprint density at radius 3 is 2.92 bits per heavy atom. The minimum Gasteiger partial charge on any atom is -0.335 e. The Balaban J connectivity index is 1.34. The molecule has 0 aromatic carbocycles. The lowest BCUT2D eigenvalue weighted by atomic mass is 10.2. The molecular formula is C17H22N6O2S. The molecule has 9 heteroatoms. The largest absolute Gasteiger partial charge is 0.335 e. The molecule has 2 aromatic heterocycles. The predicted octanol–water partition coefficient (Wildman–Crippen LogP) is 1.99. The number of carbonyl (C=O) groups excluding carboxylic acids is 2. The van der Waals surface area contributed by atoms with E-state index in [1.165, 1.54) is 24.2 Å². The number of nitrogens with one attached hydrogen (secondary N) is 2. The number of amides is 3. The maximum atomic E-state index is 12.4. The molecule has 4 rings (SSSR count). The number of aromatic nitrogens is 3. The fourth-order valence-corrected chi connectivity index (χ4v) is 4.50. The Morgan fingerprint density at radius 1 is 1.31 bits per heavy atom. The van der Waals surface area contributed by atoms with Crippen LogP contribution in [0.15, 0.2) is 18.5 Å².